The second-order valence-corrected chi connectivity index (χ2v) is 7.16. The average Bonchev–Trinajstić information content (AvgIpc) is 2.68. The lowest BCUT2D eigenvalue weighted by Gasteiger charge is -2.29. The fraction of sp³-hybridized carbons (Fsp3) is 0.136. The molecule has 0 spiro atoms. The molecule has 140 valence electrons. The Kier molecular flexibility index (Phi) is 4.31. The number of aromatic amines is 1. The Morgan fingerprint density at radius 2 is 1.96 bits per heavy atom. The van der Waals surface area contributed by atoms with Gasteiger partial charge in [-0.15, -0.1) is 0 Å². The van der Waals surface area contributed by atoms with Crippen molar-refractivity contribution < 1.29 is 4.79 Å². The van der Waals surface area contributed by atoms with Crippen LogP contribution in [0.4, 0.5) is 11.4 Å². The summed E-state index contributed by atoms with van der Waals surface area (Å²) < 4.78 is 0. The quantitative estimate of drug-likeness (QED) is 0.654. The molecule has 1 aliphatic carbocycles. The van der Waals surface area contributed by atoms with Gasteiger partial charge in [-0.25, -0.2) is 4.98 Å². The lowest BCUT2D eigenvalue weighted by atomic mass is 9.74. The molecule has 28 heavy (non-hydrogen) atoms. The van der Waals surface area contributed by atoms with E-state index in [0.29, 0.717) is 17.6 Å². The largest absolute Gasteiger partial charge is 0.366 e. The number of rotatable bonds is 4. The molecule has 2 heterocycles. The number of fused-ring (bicyclic) bond motifs is 1. The highest BCUT2D eigenvalue weighted by Crippen LogP contribution is 2.36. The molecule has 6 nitrogen and oxygen atoms in total. The van der Waals surface area contributed by atoms with E-state index in [1.165, 1.54) is 6.07 Å². The van der Waals surface area contributed by atoms with Crippen LogP contribution in [0.1, 0.15) is 18.9 Å². The van der Waals surface area contributed by atoms with Crippen molar-refractivity contribution in [1.29, 1.82) is 0 Å². The molecule has 1 aliphatic rings. The fourth-order valence-corrected chi connectivity index (χ4v) is 3.52. The summed E-state index contributed by atoms with van der Waals surface area (Å²) in [7, 11) is 0. The highest BCUT2D eigenvalue weighted by atomic mass is 16.1. The van der Waals surface area contributed by atoms with Crippen LogP contribution in [0.3, 0.4) is 0 Å². The van der Waals surface area contributed by atoms with E-state index >= 15 is 0 Å². The molecule has 4 N–H and O–H groups in total. The highest BCUT2D eigenvalue weighted by molar-refractivity contribution is 5.93. The zero-order chi connectivity index (χ0) is 19.7. The van der Waals surface area contributed by atoms with E-state index in [1.807, 2.05) is 36.4 Å². The van der Waals surface area contributed by atoms with Crippen LogP contribution >= 0.6 is 0 Å². The van der Waals surface area contributed by atoms with E-state index in [4.69, 9.17) is 5.73 Å². The van der Waals surface area contributed by atoms with Crippen LogP contribution in [0.5, 0.6) is 0 Å². The Bertz CT molecular complexity index is 1180. The van der Waals surface area contributed by atoms with E-state index in [9.17, 15) is 9.59 Å². The number of hydrogen-bond acceptors (Lipinski definition) is 4. The minimum absolute atomic E-state index is 0.181. The van der Waals surface area contributed by atoms with E-state index in [1.54, 1.807) is 18.3 Å². The highest BCUT2D eigenvalue weighted by Gasteiger charge is 2.28. The Morgan fingerprint density at radius 1 is 1.18 bits per heavy atom. The number of hydrogen-bond donors (Lipinski definition) is 3. The number of nitrogens with one attached hydrogen (secondary N) is 2. The first-order valence-electron chi connectivity index (χ1n) is 8.98. The topological polar surface area (TPSA) is 101 Å². The van der Waals surface area contributed by atoms with Gasteiger partial charge >= 0.3 is 0 Å². The SMILES string of the molecule is CC1(c2ccc(Nc3ccnc4[nH]c(=O)ccc34)cc2)C=CC=C(C(N)=O)C1. The smallest absolute Gasteiger partial charge is 0.249 e. The van der Waals surface area contributed by atoms with Crippen LogP contribution in [0, 0.1) is 0 Å². The Labute approximate surface area is 161 Å². The van der Waals surface area contributed by atoms with Crippen molar-refractivity contribution in [2.24, 2.45) is 5.73 Å². The van der Waals surface area contributed by atoms with Gasteiger partial charge in [0.25, 0.3) is 0 Å². The molecule has 0 saturated carbocycles. The van der Waals surface area contributed by atoms with Crippen LogP contribution in [0.25, 0.3) is 11.0 Å². The Balaban J connectivity index is 1.60. The van der Waals surface area contributed by atoms with Gasteiger partial charge in [-0.1, -0.05) is 37.3 Å². The number of carbonyl (C=O) groups excluding carboxylic acids is 1. The average molecular weight is 372 g/mol. The second kappa shape index (κ2) is 6.81. The number of H-pyrrole nitrogens is 1. The number of benzene rings is 1. The normalized spacial score (nSPS) is 18.7. The molecular formula is C22H20N4O2. The predicted molar refractivity (Wildman–Crippen MR) is 110 cm³/mol. The number of amides is 1. The lowest BCUT2D eigenvalue weighted by molar-refractivity contribution is -0.114. The maximum Gasteiger partial charge on any atom is 0.249 e. The van der Waals surface area contributed by atoms with Crippen LogP contribution in [-0.2, 0) is 10.2 Å². The molecule has 2 aromatic heterocycles. The van der Waals surface area contributed by atoms with Crippen molar-refractivity contribution in [2.45, 2.75) is 18.8 Å². The molecule has 0 saturated heterocycles. The van der Waals surface area contributed by atoms with E-state index in [2.05, 4.69) is 28.3 Å². The van der Waals surface area contributed by atoms with E-state index < -0.39 is 0 Å². The van der Waals surface area contributed by atoms with Gasteiger partial charge in [-0.05, 0) is 36.2 Å². The molecule has 0 radical (unpaired) electrons. The first-order valence-corrected chi connectivity index (χ1v) is 8.98. The number of carbonyl (C=O) groups is 1. The standard InChI is InChI=1S/C22H20N4O2/c1-22(11-2-3-14(13-22)20(23)28)15-4-6-16(7-5-15)25-18-10-12-24-21-17(18)8-9-19(27)26-21/h2-12H,13H2,1H3,(H2,23,28)(H2,24,25,26,27). The predicted octanol–water partition coefficient (Wildman–Crippen LogP) is 3.30. The number of primary amides is 1. The summed E-state index contributed by atoms with van der Waals surface area (Å²) in [6.07, 6.45) is 7.99. The van der Waals surface area contributed by atoms with Gasteiger partial charge in [0.05, 0.1) is 5.69 Å². The van der Waals surface area contributed by atoms with Crippen molar-refractivity contribution in [2.75, 3.05) is 5.32 Å². The van der Waals surface area contributed by atoms with Crippen LogP contribution in [0.15, 0.2) is 77.3 Å². The first-order chi connectivity index (χ1) is 13.4. The van der Waals surface area contributed by atoms with Gasteiger partial charge in [-0.3, -0.25) is 9.59 Å². The maximum absolute atomic E-state index is 11.5. The zero-order valence-corrected chi connectivity index (χ0v) is 15.4. The third-order valence-electron chi connectivity index (χ3n) is 5.09. The number of nitrogens with zero attached hydrogens (tertiary/aromatic N) is 1. The van der Waals surface area contributed by atoms with Gasteiger partial charge in [0.15, 0.2) is 0 Å². The Hall–Kier alpha value is -3.67. The number of aromatic nitrogens is 2. The van der Waals surface area contributed by atoms with Crippen molar-refractivity contribution in [3.8, 4) is 0 Å². The summed E-state index contributed by atoms with van der Waals surface area (Å²) >= 11 is 0. The van der Waals surface area contributed by atoms with Gasteiger partial charge in [0.2, 0.25) is 11.5 Å². The molecule has 1 aromatic carbocycles. The maximum atomic E-state index is 11.5. The summed E-state index contributed by atoms with van der Waals surface area (Å²) in [4.78, 5) is 30.0. The van der Waals surface area contributed by atoms with Crippen molar-refractivity contribution >= 4 is 28.3 Å². The van der Waals surface area contributed by atoms with E-state index in [-0.39, 0.29) is 16.9 Å². The van der Waals surface area contributed by atoms with Gasteiger partial charge in [0.1, 0.15) is 5.65 Å². The molecule has 4 rings (SSSR count). The first kappa shape index (κ1) is 17.7. The van der Waals surface area contributed by atoms with Gasteiger partial charge in [-0.2, -0.15) is 0 Å². The minimum Gasteiger partial charge on any atom is -0.366 e. The monoisotopic (exact) mass is 372 g/mol. The molecule has 0 fully saturated rings. The molecule has 1 amide bonds. The molecule has 0 aliphatic heterocycles. The van der Waals surface area contributed by atoms with Gasteiger partial charge in [0, 0.05) is 34.3 Å². The van der Waals surface area contributed by atoms with Crippen molar-refractivity contribution in [3.05, 3.63) is 88.4 Å². The third-order valence-corrected chi connectivity index (χ3v) is 5.09. The fourth-order valence-electron chi connectivity index (χ4n) is 3.52. The zero-order valence-electron chi connectivity index (χ0n) is 15.4. The summed E-state index contributed by atoms with van der Waals surface area (Å²) in [6.45, 7) is 2.09. The molecule has 0 bridgehead atoms. The molecule has 6 heteroatoms. The van der Waals surface area contributed by atoms with Crippen molar-refractivity contribution in [1.82, 2.24) is 9.97 Å². The second-order valence-electron chi connectivity index (χ2n) is 7.16. The summed E-state index contributed by atoms with van der Waals surface area (Å²) in [6, 6.07) is 13.2. The van der Waals surface area contributed by atoms with Crippen LogP contribution in [0.2, 0.25) is 0 Å². The number of nitrogens with two attached hydrogens (primary N) is 1. The molecular weight excluding hydrogens is 352 g/mol. The van der Waals surface area contributed by atoms with Crippen molar-refractivity contribution in [3.63, 3.8) is 0 Å². The van der Waals surface area contributed by atoms with Gasteiger partial charge < -0.3 is 16.0 Å². The lowest BCUT2D eigenvalue weighted by Crippen LogP contribution is -2.26. The third kappa shape index (κ3) is 3.32. The summed E-state index contributed by atoms with van der Waals surface area (Å²) in [5.74, 6) is -0.378. The summed E-state index contributed by atoms with van der Waals surface area (Å²) in [5, 5.41) is 4.21. The van der Waals surface area contributed by atoms with Crippen LogP contribution < -0.4 is 16.6 Å². The molecule has 1 unspecified atom stereocenters. The molecule has 1 atom stereocenters. The number of allylic oxidation sites excluding steroid dienone is 3. The Morgan fingerprint density at radius 3 is 2.71 bits per heavy atom. The van der Waals surface area contributed by atoms with Crippen LogP contribution in [-0.4, -0.2) is 15.9 Å². The summed E-state index contributed by atoms with van der Waals surface area (Å²) in [5.41, 5.74) is 9.04. The number of pyridine rings is 2. The molecule has 3 aromatic rings. The number of anilines is 2. The van der Waals surface area contributed by atoms with E-state index in [0.717, 1.165) is 22.3 Å². The minimum atomic E-state index is -0.378.